The van der Waals surface area contributed by atoms with Gasteiger partial charge < -0.3 is 10.0 Å². The molecule has 3 rings (SSSR count). The quantitative estimate of drug-likeness (QED) is 0.866. The van der Waals surface area contributed by atoms with Crippen molar-refractivity contribution < 1.29 is 9.90 Å². The van der Waals surface area contributed by atoms with E-state index in [2.05, 4.69) is 15.9 Å². The molecule has 1 fully saturated rings. The molecule has 0 radical (unpaired) electrons. The lowest BCUT2D eigenvalue weighted by Gasteiger charge is -2.35. The first-order valence-corrected chi connectivity index (χ1v) is 7.24. The molecule has 1 aliphatic carbocycles. The maximum Gasteiger partial charge on any atom is 0.254 e. The van der Waals surface area contributed by atoms with E-state index in [0.29, 0.717) is 6.54 Å². The third kappa shape index (κ3) is 1.88. The van der Waals surface area contributed by atoms with Crippen LogP contribution in [0.1, 0.15) is 41.6 Å². The van der Waals surface area contributed by atoms with Crippen LogP contribution in [0.3, 0.4) is 0 Å². The standard InChI is InChI=1S/C14H16BrNO2/c15-11-5-3-4-9-10(11)8-16(14(9)18)12-6-1-2-7-13(12)17/h3-5,12-13,17H,1-2,6-8H2. The van der Waals surface area contributed by atoms with E-state index >= 15 is 0 Å². The minimum absolute atomic E-state index is 0.00875. The molecule has 1 aromatic carbocycles. The van der Waals surface area contributed by atoms with Crippen molar-refractivity contribution in [3.63, 3.8) is 0 Å². The number of hydrogen-bond acceptors (Lipinski definition) is 2. The number of aliphatic hydroxyl groups is 1. The molecular weight excluding hydrogens is 294 g/mol. The molecule has 2 aliphatic rings. The highest BCUT2D eigenvalue weighted by atomic mass is 79.9. The van der Waals surface area contributed by atoms with E-state index in [0.717, 1.165) is 41.3 Å². The van der Waals surface area contributed by atoms with Gasteiger partial charge in [0.25, 0.3) is 5.91 Å². The summed E-state index contributed by atoms with van der Waals surface area (Å²) < 4.78 is 0.987. The summed E-state index contributed by atoms with van der Waals surface area (Å²) in [5, 5.41) is 10.1. The van der Waals surface area contributed by atoms with Gasteiger partial charge in [-0.05, 0) is 30.5 Å². The summed E-state index contributed by atoms with van der Waals surface area (Å²) in [5.41, 5.74) is 1.84. The zero-order valence-corrected chi connectivity index (χ0v) is 11.7. The van der Waals surface area contributed by atoms with E-state index in [1.807, 2.05) is 23.1 Å². The predicted molar refractivity (Wildman–Crippen MR) is 72.3 cm³/mol. The van der Waals surface area contributed by atoms with Crippen molar-refractivity contribution in [3.05, 3.63) is 33.8 Å². The molecule has 1 N–H and O–H groups in total. The van der Waals surface area contributed by atoms with E-state index in [1.165, 1.54) is 0 Å². The van der Waals surface area contributed by atoms with Crippen LogP contribution in [0.5, 0.6) is 0 Å². The lowest BCUT2D eigenvalue weighted by atomic mass is 9.91. The fraction of sp³-hybridized carbons (Fsp3) is 0.500. The summed E-state index contributed by atoms with van der Waals surface area (Å²) in [5.74, 6) is 0.0669. The topological polar surface area (TPSA) is 40.5 Å². The second-order valence-corrected chi connectivity index (χ2v) is 5.97. The number of amides is 1. The third-order valence-electron chi connectivity index (χ3n) is 4.03. The Morgan fingerprint density at radius 1 is 1.28 bits per heavy atom. The molecule has 0 bridgehead atoms. The zero-order chi connectivity index (χ0) is 12.7. The van der Waals surface area contributed by atoms with Gasteiger partial charge in [-0.1, -0.05) is 34.8 Å². The minimum Gasteiger partial charge on any atom is -0.391 e. The summed E-state index contributed by atoms with van der Waals surface area (Å²) in [7, 11) is 0. The van der Waals surface area contributed by atoms with Crippen LogP contribution >= 0.6 is 15.9 Å². The van der Waals surface area contributed by atoms with Gasteiger partial charge in [0.05, 0.1) is 12.1 Å². The van der Waals surface area contributed by atoms with Crippen molar-refractivity contribution in [2.75, 3.05) is 0 Å². The lowest BCUT2D eigenvalue weighted by Crippen LogP contribution is -2.45. The van der Waals surface area contributed by atoms with Crippen molar-refractivity contribution in [1.82, 2.24) is 4.90 Å². The SMILES string of the molecule is O=C1c2cccc(Br)c2CN1C1CCCCC1O. The van der Waals surface area contributed by atoms with Crippen molar-refractivity contribution in [2.24, 2.45) is 0 Å². The molecule has 0 saturated heterocycles. The smallest absolute Gasteiger partial charge is 0.254 e. The van der Waals surface area contributed by atoms with Crippen molar-refractivity contribution >= 4 is 21.8 Å². The lowest BCUT2D eigenvalue weighted by molar-refractivity contribution is 0.0191. The van der Waals surface area contributed by atoms with E-state index in [1.54, 1.807) is 0 Å². The Morgan fingerprint density at radius 2 is 2.06 bits per heavy atom. The Hall–Kier alpha value is -0.870. The Morgan fingerprint density at radius 3 is 2.78 bits per heavy atom. The zero-order valence-electron chi connectivity index (χ0n) is 10.1. The number of fused-ring (bicyclic) bond motifs is 1. The van der Waals surface area contributed by atoms with E-state index in [-0.39, 0.29) is 18.1 Å². The van der Waals surface area contributed by atoms with E-state index in [9.17, 15) is 9.90 Å². The highest BCUT2D eigenvalue weighted by Gasteiger charge is 2.37. The van der Waals surface area contributed by atoms with Gasteiger partial charge in [-0.15, -0.1) is 0 Å². The number of aliphatic hydroxyl groups excluding tert-OH is 1. The number of rotatable bonds is 1. The van der Waals surface area contributed by atoms with Gasteiger partial charge in [0.2, 0.25) is 0 Å². The molecule has 1 aromatic rings. The fourth-order valence-electron chi connectivity index (χ4n) is 3.04. The van der Waals surface area contributed by atoms with Crippen LogP contribution in [0.15, 0.2) is 22.7 Å². The Labute approximate surface area is 115 Å². The summed E-state index contributed by atoms with van der Waals surface area (Å²) in [6, 6.07) is 5.72. The molecule has 3 nitrogen and oxygen atoms in total. The maximum atomic E-state index is 12.4. The molecule has 1 heterocycles. The second kappa shape index (κ2) is 4.67. The molecule has 0 spiro atoms. The van der Waals surface area contributed by atoms with Crippen LogP contribution in [0, 0.1) is 0 Å². The van der Waals surface area contributed by atoms with Crippen molar-refractivity contribution in [1.29, 1.82) is 0 Å². The van der Waals surface area contributed by atoms with Gasteiger partial charge >= 0.3 is 0 Å². The van der Waals surface area contributed by atoms with E-state index < -0.39 is 0 Å². The minimum atomic E-state index is -0.365. The Bertz CT molecular complexity index is 489. The number of carbonyl (C=O) groups excluding carboxylic acids is 1. The number of halogens is 1. The maximum absolute atomic E-state index is 12.4. The average Bonchev–Trinajstić information content (AvgIpc) is 2.70. The van der Waals surface area contributed by atoms with Gasteiger partial charge in [-0.3, -0.25) is 4.79 Å². The van der Waals surface area contributed by atoms with Gasteiger partial charge in [-0.25, -0.2) is 0 Å². The third-order valence-corrected chi connectivity index (χ3v) is 4.78. The molecule has 0 aromatic heterocycles. The monoisotopic (exact) mass is 309 g/mol. The van der Waals surface area contributed by atoms with Gasteiger partial charge in [0.1, 0.15) is 0 Å². The molecule has 4 heteroatoms. The van der Waals surface area contributed by atoms with Crippen molar-refractivity contribution in [2.45, 2.75) is 44.4 Å². The van der Waals surface area contributed by atoms with Crippen LogP contribution in [-0.4, -0.2) is 28.1 Å². The van der Waals surface area contributed by atoms with Crippen LogP contribution < -0.4 is 0 Å². The normalized spacial score (nSPS) is 27.4. The Kier molecular flexibility index (Phi) is 3.16. The fourth-order valence-corrected chi connectivity index (χ4v) is 3.53. The number of hydrogen-bond donors (Lipinski definition) is 1. The van der Waals surface area contributed by atoms with Gasteiger partial charge in [0, 0.05) is 16.6 Å². The average molecular weight is 310 g/mol. The summed E-state index contributed by atoms with van der Waals surface area (Å²) in [6.07, 6.45) is 3.53. The highest BCUT2D eigenvalue weighted by Crippen LogP contribution is 2.34. The largest absolute Gasteiger partial charge is 0.391 e. The molecule has 2 atom stereocenters. The first-order chi connectivity index (χ1) is 8.68. The summed E-state index contributed by atoms with van der Waals surface area (Å²) in [4.78, 5) is 14.2. The molecule has 1 saturated carbocycles. The van der Waals surface area contributed by atoms with Crippen molar-refractivity contribution in [3.8, 4) is 0 Å². The molecule has 96 valence electrons. The summed E-state index contributed by atoms with van der Waals surface area (Å²) in [6.45, 7) is 0.622. The number of benzene rings is 1. The molecule has 1 amide bonds. The molecule has 2 unspecified atom stereocenters. The number of nitrogens with zero attached hydrogens (tertiary/aromatic N) is 1. The first kappa shape index (κ1) is 12.2. The highest BCUT2D eigenvalue weighted by molar-refractivity contribution is 9.10. The molecule has 1 aliphatic heterocycles. The summed E-state index contributed by atoms with van der Waals surface area (Å²) >= 11 is 3.50. The molecular formula is C14H16BrNO2. The molecule has 18 heavy (non-hydrogen) atoms. The van der Waals surface area contributed by atoms with Gasteiger partial charge in [-0.2, -0.15) is 0 Å². The van der Waals surface area contributed by atoms with Gasteiger partial charge in [0.15, 0.2) is 0 Å². The first-order valence-electron chi connectivity index (χ1n) is 6.45. The van der Waals surface area contributed by atoms with E-state index in [4.69, 9.17) is 0 Å². The number of carbonyl (C=O) groups is 1. The Balaban J connectivity index is 1.90. The van der Waals surface area contributed by atoms with Crippen LogP contribution in [-0.2, 0) is 6.54 Å². The predicted octanol–water partition coefficient (Wildman–Crippen LogP) is 2.71. The second-order valence-electron chi connectivity index (χ2n) is 5.12. The van der Waals surface area contributed by atoms with Crippen LogP contribution in [0.25, 0.3) is 0 Å². The van der Waals surface area contributed by atoms with Crippen LogP contribution in [0.2, 0.25) is 0 Å². The van der Waals surface area contributed by atoms with Crippen LogP contribution in [0.4, 0.5) is 0 Å².